The molecule has 0 atom stereocenters. The van der Waals surface area contributed by atoms with E-state index in [1.165, 1.54) is 0 Å². The van der Waals surface area contributed by atoms with Crippen molar-refractivity contribution in [2.75, 3.05) is 27.2 Å². The van der Waals surface area contributed by atoms with Crippen LogP contribution in [0.1, 0.15) is 15.9 Å². The highest BCUT2D eigenvalue weighted by Gasteiger charge is 2.07. The van der Waals surface area contributed by atoms with Crippen molar-refractivity contribution in [1.29, 1.82) is 0 Å². The summed E-state index contributed by atoms with van der Waals surface area (Å²) in [7, 11) is 3.86. The van der Waals surface area contributed by atoms with Gasteiger partial charge in [-0.25, -0.2) is 4.79 Å². The zero-order valence-corrected chi connectivity index (χ0v) is 10.3. The van der Waals surface area contributed by atoms with E-state index in [0.717, 1.165) is 12.1 Å². The van der Waals surface area contributed by atoms with Crippen LogP contribution in [0, 0.1) is 0 Å². The Labute approximate surface area is 101 Å². The Morgan fingerprint density at radius 1 is 1.44 bits per heavy atom. The highest BCUT2D eigenvalue weighted by atomic mass is 35.5. The first-order valence-corrected chi connectivity index (χ1v) is 5.63. The number of esters is 1. The minimum atomic E-state index is -0.297. The van der Waals surface area contributed by atoms with Gasteiger partial charge in [-0.05, 0) is 31.8 Å². The highest BCUT2D eigenvalue weighted by molar-refractivity contribution is 6.17. The van der Waals surface area contributed by atoms with Crippen LogP contribution in [0.5, 0.6) is 0 Å². The fraction of sp³-hybridized carbons (Fsp3) is 0.417. The molecule has 0 N–H and O–H groups in total. The minimum absolute atomic E-state index is 0.297. The number of carbonyl (C=O) groups excluding carboxylic acids is 1. The second-order valence-corrected chi connectivity index (χ2v) is 4.04. The molecule has 0 fully saturated rings. The van der Waals surface area contributed by atoms with Crippen LogP contribution in [0.3, 0.4) is 0 Å². The number of hydrogen-bond acceptors (Lipinski definition) is 3. The van der Waals surface area contributed by atoms with E-state index in [4.69, 9.17) is 16.3 Å². The summed E-state index contributed by atoms with van der Waals surface area (Å²) in [5.41, 5.74) is 1.47. The number of alkyl halides is 1. The molecule has 0 aliphatic heterocycles. The standard InChI is InChI=1S/C12H16ClNO2/c1-14(2)6-7-16-12(15)11-5-3-4-10(8-11)9-13/h3-5,8H,6-7,9H2,1-2H3. The number of likely N-dealkylation sites (N-methyl/N-ethyl adjacent to an activating group) is 1. The van der Waals surface area contributed by atoms with Crippen molar-refractivity contribution in [1.82, 2.24) is 4.90 Å². The Morgan fingerprint density at radius 3 is 2.81 bits per heavy atom. The van der Waals surface area contributed by atoms with E-state index in [1.807, 2.05) is 25.1 Å². The molecule has 0 amide bonds. The van der Waals surface area contributed by atoms with Crippen molar-refractivity contribution in [2.45, 2.75) is 5.88 Å². The summed E-state index contributed by atoms with van der Waals surface area (Å²) in [5, 5.41) is 0. The van der Waals surface area contributed by atoms with Gasteiger partial charge >= 0.3 is 5.97 Å². The molecule has 1 aromatic carbocycles. The zero-order chi connectivity index (χ0) is 12.0. The molecule has 0 spiro atoms. The third-order valence-electron chi connectivity index (χ3n) is 2.09. The summed E-state index contributed by atoms with van der Waals surface area (Å²) in [5.74, 6) is 0.104. The van der Waals surface area contributed by atoms with Gasteiger partial charge in [0.25, 0.3) is 0 Å². The van der Waals surface area contributed by atoms with Gasteiger partial charge in [0.1, 0.15) is 6.61 Å². The Balaban J connectivity index is 2.52. The third kappa shape index (κ3) is 4.21. The molecule has 16 heavy (non-hydrogen) atoms. The van der Waals surface area contributed by atoms with Crippen molar-refractivity contribution in [3.05, 3.63) is 35.4 Å². The lowest BCUT2D eigenvalue weighted by molar-refractivity contribution is 0.0482. The van der Waals surface area contributed by atoms with Crippen LogP contribution < -0.4 is 0 Å². The van der Waals surface area contributed by atoms with Gasteiger partial charge in [0.15, 0.2) is 0 Å². The number of halogens is 1. The first kappa shape index (κ1) is 13.0. The van der Waals surface area contributed by atoms with Crippen LogP contribution in [0.15, 0.2) is 24.3 Å². The predicted octanol–water partition coefficient (Wildman–Crippen LogP) is 2.14. The monoisotopic (exact) mass is 241 g/mol. The molecule has 0 saturated carbocycles. The topological polar surface area (TPSA) is 29.5 Å². The normalized spacial score (nSPS) is 10.5. The third-order valence-corrected chi connectivity index (χ3v) is 2.40. The molecule has 0 aliphatic carbocycles. The summed E-state index contributed by atoms with van der Waals surface area (Å²) in [6.45, 7) is 1.12. The molecule has 0 radical (unpaired) electrons. The van der Waals surface area contributed by atoms with Gasteiger partial charge in [-0.3, -0.25) is 0 Å². The maximum atomic E-state index is 11.6. The van der Waals surface area contributed by atoms with Crippen LogP contribution in [0.4, 0.5) is 0 Å². The summed E-state index contributed by atoms with van der Waals surface area (Å²) in [4.78, 5) is 13.6. The fourth-order valence-corrected chi connectivity index (χ4v) is 1.35. The van der Waals surface area contributed by atoms with E-state index in [9.17, 15) is 4.79 Å². The lowest BCUT2D eigenvalue weighted by Gasteiger charge is -2.10. The fourth-order valence-electron chi connectivity index (χ4n) is 1.19. The van der Waals surface area contributed by atoms with Crippen molar-refractivity contribution in [3.63, 3.8) is 0 Å². The Morgan fingerprint density at radius 2 is 2.19 bits per heavy atom. The Kier molecular flexibility index (Phi) is 5.29. The van der Waals surface area contributed by atoms with Gasteiger partial charge in [0.05, 0.1) is 5.56 Å². The van der Waals surface area contributed by atoms with Gasteiger partial charge in [-0.15, -0.1) is 11.6 Å². The van der Waals surface area contributed by atoms with Gasteiger partial charge in [-0.2, -0.15) is 0 Å². The zero-order valence-electron chi connectivity index (χ0n) is 9.57. The maximum absolute atomic E-state index is 11.6. The number of hydrogen-bond donors (Lipinski definition) is 0. The molecule has 1 rings (SSSR count). The minimum Gasteiger partial charge on any atom is -0.461 e. The van der Waals surface area contributed by atoms with Crippen molar-refractivity contribution < 1.29 is 9.53 Å². The van der Waals surface area contributed by atoms with E-state index in [1.54, 1.807) is 18.2 Å². The number of rotatable bonds is 5. The molecule has 4 heteroatoms. The van der Waals surface area contributed by atoms with E-state index in [-0.39, 0.29) is 5.97 Å². The summed E-state index contributed by atoms with van der Waals surface area (Å²) in [6, 6.07) is 7.17. The molecule has 0 aromatic heterocycles. The smallest absolute Gasteiger partial charge is 0.338 e. The lowest BCUT2D eigenvalue weighted by Crippen LogP contribution is -2.20. The molecule has 0 unspecified atom stereocenters. The molecule has 0 bridgehead atoms. The number of ether oxygens (including phenoxy) is 1. The molecular formula is C12H16ClNO2. The van der Waals surface area contributed by atoms with E-state index in [0.29, 0.717) is 18.1 Å². The quantitative estimate of drug-likeness (QED) is 0.584. The second-order valence-electron chi connectivity index (χ2n) is 3.77. The Bertz CT molecular complexity index is 353. The van der Waals surface area contributed by atoms with Crippen molar-refractivity contribution >= 4 is 17.6 Å². The van der Waals surface area contributed by atoms with Crippen LogP contribution in [0.25, 0.3) is 0 Å². The molecule has 0 heterocycles. The average Bonchev–Trinajstić information content (AvgIpc) is 2.28. The molecule has 88 valence electrons. The first-order valence-electron chi connectivity index (χ1n) is 5.10. The van der Waals surface area contributed by atoms with Crippen LogP contribution in [-0.2, 0) is 10.6 Å². The Hall–Kier alpha value is -1.06. The van der Waals surface area contributed by atoms with Gasteiger partial charge in [0.2, 0.25) is 0 Å². The van der Waals surface area contributed by atoms with E-state index < -0.39 is 0 Å². The summed E-state index contributed by atoms with van der Waals surface area (Å²) >= 11 is 5.69. The van der Waals surface area contributed by atoms with Gasteiger partial charge in [-0.1, -0.05) is 12.1 Å². The largest absolute Gasteiger partial charge is 0.461 e. The van der Waals surface area contributed by atoms with Crippen molar-refractivity contribution in [3.8, 4) is 0 Å². The second kappa shape index (κ2) is 6.51. The first-order chi connectivity index (χ1) is 7.63. The highest BCUT2D eigenvalue weighted by Crippen LogP contribution is 2.08. The molecule has 0 saturated heterocycles. The maximum Gasteiger partial charge on any atom is 0.338 e. The van der Waals surface area contributed by atoms with E-state index in [2.05, 4.69) is 0 Å². The molecule has 3 nitrogen and oxygen atoms in total. The number of benzene rings is 1. The average molecular weight is 242 g/mol. The molecular weight excluding hydrogens is 226 g/mol. The van der Waals surface area contributed by atoms with Crippen LogP contribution in [0.2, 0.25) is 0 Å². The van der Waals surface area contributed by atoms with E-state index >= 15 is 0 Å². The van der Waals surface area contributed by atoms with Crippen molar-refractivity contribution in [2.24, 2.45) is 0 Å². The number of nitrogens with zero attached hydrogens (tertiary/aromatic N) is 1. The lowest BCUT2D eigenvalue weighted by atomic mass is 10.1. The summed E-state index contributed by atoms with van der Waals surface area (Å²) < 4.78 is 5.11. The molecule has 0 aliphatic rings. The van der Waals surface area contributed by atoms with Crippen LogP contribution in [-0.4, -0.2) is 38.1 Å². The number of carbonyl (C=O) groups is 1. The molecule has 1 aromatic rings. The van der Waals surface area contributed by atoms with Crippen LogP contribution >= 0.6 is 11.6 Å². The van der Waals surface area contributed by atoms with Gasteiger partial charge < -0.3 is 9.64 Å². The predicted molar refractivity (Wildman–Crippen MR) is 64.8 cm³/mol. The van der Waals surface area contributed by atoms with Gasteiger partial charge in [0, 0.05) is 12.4 Å². The SMILES string of the molecule is CN(C)CCOC(=O)c1cccc(CCl)c1. The summed E-state index contributed by atoms with van der Waals surface area (Å²) in [6.07, 6.45) is 0.